The maximum atomic E-state index is 12.0. The van der Waals surface area contributed by atoms with Crippen molar-refractivity contribution in [3.63, 3.8) is 0 Å². The van der Waals surface area contributed by atoms with Gasteiger partial charge in [0.25, 0.3) is 5.91 Å². The third-order valence-electron chi connectivity index (χ3n) is 3.63. The molecule has 0 aromatic carbocycles. The lowest BCUT2D eigenvalue weighted by Gasteiger charge is -2.25. The number of nitrogens with zero attached hydrogens (tertiary/aromatic N) is 2. The zero-order valence-corrected chi connectivity index (χ0v) is 12.5. The van der Waals surface area contributed by atoms with E-state index >= 15 is 0 Å². The topological polar surface area (TPSA) is 67.2 Å². The van der Waals surface area contributed by atoms with Crippen LogP contribution in [0.25, 0.3) is 0 Å². The highest BCUT2D eigenvalue weighted by Crippen LogP contribution is 2.16. The molecule has 0 aliphatic carbocycles. The monoisotopic (exact) mass is 267 g/mol. The van der Waals surface area contributed by atoms with Crippen molar-refractivity contribution in [1.82, 2.24) is 15.1 Å². The van der Waals surface area contributed by atoms with E-state index in [0.29, 0.717) is 24.5 Å². The molecule has 5 nitrogen and oxygen atoms in total. The summed E-state index contributed by atoms with van der Waals surface area (Å²) < 4.78 is 1.73. The fourth-order valence-corrected chi connectivity index (χ4v) is 1.97. The fraction of sp³-hybridized carbons (Fsp3) is 0.714. The van der Waals surface area contributed by atoms with Crippen molar-refractivity contribution in [3.8, 4) is 0 Å². The third kappa shape index (κ3) is 3.80. The first kappa shape index (κ1) is 15.7. The maximum absolute atomic E-state index is 12.0. The SMILES string of the molecule is CCC(O)(CC)CNC(=O)c1cc(C(C)C)n(C)n1. The summed E-state index contributed by atoms with van der Waals surface area (Å²) in [6.07, 6.45) is 1.23. The van der Waals surface area contributed by atoms with Crippen molar-refractivity contribution in [2.75, 3.05) is 6.54 Å². The summed E-state index contributed by atoms with van der Waals surface area (Å²) in [4.78, 5) is 12.0. The van der Waals surface area contributed by atoms with E-state index in [-0.39, 0.29) is 12.5 Å². The van der Waals surface area contributed by atoms with Gasteiger partial charge >= 0.3 is 0 Å². The average Bonchev–Trinajstić information content (AvgIpc) is 2.78. The number of hydrogen-bond donors (Lipinski definition) is 2. The Morgan fingerprint density at radius 2 is 2.05 bits per heavy atom. The third-order valence-corrected chi connectivity index (χ3v) is 3.63. The van der Waals surface area contributed by atoms with Crippen LogP contribution in [0.4, 0.5) is 0 Å². The lowest BCUT2D eigenvalue weighted by molar-refractivity contribution is 0.0313. The van der Waals surface area contributed by atoms with E-state index in [2.05, 4.69) is 24.3 Å². The minimum Gasteiger partial charge on any atom is -0.388 e. The molecule has 0 unspecified atom stereocenters. The van der Waals surface area contributed by atoms with Crippen LogP contribution in [-0.4, -0.2) is 32.9 Å². The Hall–Kier alpha value is -1.36. The molecule has 0 aliphatic heterocycles. The summed E-state index contributed by atoms with van der Waals surface area (Å²) in [5, 5.41) is 17.1. The van der Waals surface area contributed by atoms with Crippen LogP contribution in [0, 0.1) is 0 Å². The maximum Gasteiger partial charge on any atom is 0.271 e. The number of nitrogens with one attached hydrogen (secondary N) is 1. The van der Waals surface area contributed by atoms with Crippen molar-refractivity contribution in [3.05, 3.63) is 17.5 Å². The number of rotatable bonds is 6. The van der Waals surface area contributed by atoms with Crippen LogP contribution in [0.15, 0.2) is 6.07 Å². The highest BCUT2D eigenvalue weighted by Gasteiger charge is 2.24. The van der Waals surface area contributed by atoms with Gasteiger partial charge in [-0.3, -0.25) is 9.48 Å². The van der Waals surface area contributed by atoms with E-state index in [1.54, 1.807) is 10.7 Å². The Kier molecular flexibility index (Phi) is 5.11. The first-order valence-corrected chi connectivity index (χ1v) is 6.87. The van der Waals surface area contributed by atoms with E-state index in [4.69, 9.17) is 0 Å². The minimum atomic E-state index is -0.828. The number of carbonyl (C=O) groups is 1. The fourth-order valence-electron chi connectivity index (χ4n) is 1.97. The quantitative estimate of drug-likeness (QED) is 0.826. The second-order valence-corrected chi connectivity index (χ2v) is 5.35. The molecule has 0 fully saturated rings. The number of hydrogen-bond acceptors (Lipinski definition) is 3. The first-order valence-electron chi connectivity index (χ1n) is 6.87. The molecule has 0 bridgehead atoms. The first-order chi connectivity index (χ1) is 8.83. The van der Waals surface area contributed by atoms with Gasteiger partial charge in [-0.25, -0.2) is 0 Å². The van der Waals surface area contributed by atoms with E-state index < -0.39 is 5.60 Å². The van der Waals surface area contributed by atoms with Crippen molar-refractivity contribution in [2.24, 2.45) is 7.05 Å². The molecule has 1 aromatic rings. The number of aromatic nitrogens is 2. The molecule has 1 amide bonds. The van der Waals surface area contributed by atoms with Crippen molar-refractivity contribution >= 4 is 5.91 Å². The minimum absolute atomic E-state index is 0.233. The van der Waals surface area contributed by atoms with Gasteiger partial charge in [0.15, 0.2) is 0 Å². The standard InChI is InChI=1S/C14H25N3O2/c1-6-14(19,7-2)9-15-13(18)11-8-12(10(3)4)17(5)16-11/h8,10,19H,6-7,9H2,1-5H3,(H,15,18). The Morgan fingerprint density at radius 1 is 1.47 bits per heavy atom. The molecule has 0 saturated carbocycles. The number of aliphatic hydroxyl groups is 1. The van der Waals surface area contributed by atoms with E-state index in [1.165, 1.54) is 0 Å². The zero-order valence-electron chi connectivity index (χ0n) is 12.5. The van der Waals surface area contributed by atoms with Gasteiger partial charge in [0.1, 0.15) is 5.69 Å². The average molecular weight is 267 g/mol. The lowest BCUT2D eigenvalue weighted by atomic mass is 9.97. The molecule has 0 radical (unpaired) electrons. The zero-order chi connectivity index (χ0) is 14.6. The van der Waals surface area contributed by atoms with Gasteiger partial charge in [0.05, 0.1) is 5.60 Å². The molecule has 108 valence electrons. The Labute approximate surface area is 115 Å². The summed E-state index contributed by atoms with van der Waals surface area (Å²) >= 11 is 0. The largest absolute Gasteiger partial charge is 0.388 e. The van der Waals surface area contributed by atoms with Crippen molar-refractivity contribution in [2.45, 2.75) is 52.1 Å². The molecule has 0 saturated heterocycles. The molecule has 0 spiro atoms. The molecule has 1 aromatic heterocycles. The van der Waals surface area contributed by atoms with E-state index in [9.17, 15) is 9.90 Å². The molecule has 19 heavy (non-hydrogen) atoms. The second-order valence-electron chi connectivity index (χ2n) is 5.35. The van der Waals surface area contributed by atoms with Gasteiger partial charge in [-0.15, -0.1) is 0 Å². The van der Waals surface area contributed by atoms with Gasteiger partial charge < -0.3 is 10.4 Å². The molecular weight excluding hydrogens is 242 g/mol. The summed E-state index contributed by atoms with van der Waals surface area (Å²) in [6.45, 7) is 8.20. The molecule has 2 N–H and O–H groups in total. The van der Waals surface area contributed by atoms with E-state index in [0.717, 1.165) is 5.69 Å². The van der Waals surface area contributed by atoms with Crippen LogP contribution >= 0.6 is 0 Å². The predicted molar refractivity (Wildman–Crippen MR) is 75.2 cm³/mol. The molecule has 1 heterocycles. The van der Waals surface area contributed by atoms with Gasteiger partial charge in [-0.2, -0.15) is 5.10 Å². The highest BCUT2D eigenvalue weighted by molar-refractivity contribution is 5.92. The second kappa shape index (κ2) is 6.19. The van der Waals surface area contributed by atoms with Crippen LogP contribution in [0.2, 0.25) is 0 Å². The van der Waals surface area contributed by atoms with Crippen LogP contribution in [0.3, 0.4) is 0 Å². The summed E-state index contributed by atoms with van der Waals surface area (Å²) in [7, 11) is 1.83. The molecule has 5 heteroatoms. The van der Waals surface area contributed by atoms with Gasteiger partial charge in [-0.05, 0) is 24.8 Å². The molecular formula is C14H25N3O2. The summed E-state index contributed by atoms with van der Waals surface area (Å²) in [5.74, 6) is 0.0880. The molecule has 0 aliphatic rings. The number of carbonyl (C=O) groups excluding carboxylic acids is 1. The smallest absolute Gasteiger partial charge is 0.271 e. The summed E-state index contributed by atoms with van der Waals surface area (Å²) in [6, 6.07) is 1.80. The number of amides is 1. The Morgan fingerprint density at radius 3 is 2.47 bits per heavy atom. The predicted octanol–water partition coefficient (Wildman–Crippen LogP) is 1.82. The van der Waals surface area contributed by atoms with Gasteiger partial charge in [0.2, 0.25) is 0 Å². The van der Waals surface area contributed by atoms with Crippen LogP contribution in [0.5, 0.6) is 0 Å². The Bertz CT molecular complexity index is 434. The van der Waals surface area contributed by atoms with Gasteiger partial charge in [-0.1, -0.05) is 27.7 Å². The Balaban J connectivity index is 2.71. The van der Waals surface area contributed by atoms with Crippen LogP contribution in [-0.2, 0) is 7.05 Å². The summed E-state index contributed by atoms with van der Waals surface area (Å²) in [5.41, 5.74) is 0.595. The van der Waals surface area contributed by atoms with Crippen LogP contribution < -0.4 is 5.32 Å². The normalized spacial score (nSPS) is 11.9. The van der Waals surface area contributed by atoms with Crippen LogP contribution in [0.1, 0.15) is 62.6 Å². The van der Waals surface area contributed by atoms with Gasteiger partial charge in [0, 0.05) is 19.3 Å². The van der Waals surface area contributed by atoms with Crippen molar-refractivity contribution < 1.29 is 9.90 Å². The molecule has 0 atom stereocenters. The van der Waals surface area contributed by atoms with E-state index in [1.807, 2.05) is 20.9 Å². The lowest BCUT2D eigenvalue weighted by Crippen LogP contribution is -2.42. The van der Waals surface area contributed by atoms with Crippen molar-refractivity contribution in [1.29, 1.82) is 0 Å². The number of aryl methyl sites for hydroxylation is 1. The highest BCUT2D eigenvalue weighted by atomic mass is 16.3. The molecule has 1 rings (SSSR count).